The molecule has 1 aliphatic rings. The van der Waals surface area contributed by atoms with Crippen LogP contribution in [0.15, 0.2) is 46.9 Å². The van der Waals surface area contributed by atoms with Gasteiger partial charge in [-0.05, 0) is 49.4 Å². The van der Waals surface area contributed by atoms with Gasteiger partial charge in [-0.3, -0.25) is 5.41 Å². The van der Waals surface area contributed by atoms with Crippen molar-refractivity contribution >= 4 is 27.6 Å². The summed E-state index contributed by atoms with van der Waals surface area (Å²) in [4.78, 5) is 0. The van der Waals surface area contributed by atoms with Crippen LogP contribution in [0.2, 0.25) is 5.02 Å². The third-order valence-corrected chi connectivity index (χ3v) is 7.13. The molecule has 1 fully saturated rings. The zero-order valence-electron chi connectivity index (χ0n) is 16.0. The molecule has 2 heterocycles. The van der Waals surface area contributed by atoms with Gasteiger partial charge in [-0.1, -0.05) is 11.6 Å². The van der Waals surface area contributed by atoms with Gasteiger partial charge in [0.15, 0.2) is 0 Å². The summed E-state index contributed by atoms with van der Waals surface area (Å²) in [7, 11) is -2.51. The molecule has 1 atom stereocenters. The lowest BCUT2D eigenvalue weighted by Gasteiger charge is -2.40. The van der Waals surface area contributed by atoms with Gasteiger partial charge in [-0.25, -0.2) is 17.1 Å². The zero-order chi connectivity index (χ0) is 21.7. The maximum Gasteiger partial charge on any atom is 0.248 e. The summed E-state index contributed by atoms with van der Waals surface area (Å²) >= 11 is 5.89. The van der Waals surface area contributed by atoms with Crippen LogP contribution >= 0.6 is 11.6 Å². The van der Waals surface area contributed by atoms with Gasteiger partial charge in [0.2, 0.25) is 27.8 Å². The molecule has 0 amide bonds. The fourth-order valence-electron chi connectivity index (χ4n) is 3.25. The van der Waals surface area contributed by atoms with Crippen molar-refractivity contribution in [3.63, 3.8) is 0 Å². The third kappa shape index (κ3) is 3.52. The number of hydrogen-bond donors (Lipinski definition) is 2. The molecule has 0 aliphatic carbocycles. The first kappa shape index (κ1) is 20.3. The largest absolute Gasteiger partial charge is 0.416 e. The highest BCUT2D eigenvalue weighted by atomic mass is 35.5. The highest BCUT2D eigenvalue weighted by Crippen LogP contribution is 2.33. The predicted molar refractivity (Wildman–Crippen MR) is 110 cm³/mol. The van der Waals surface area contributed by atoms with E-state index < -0.39 is 27.1 Å². The highest BCUT2D eigenvalue weighted by molar-refractivity contribution is 7.89. The van der Waals surface area contributed by atoms with Crippen LogP contribution in [0.25, 0.3) is 22.9 Å². The quantitative estimate of drug-likeness (QED) is 0.635. The van der Waals surface area contributed by atoms with Crippen LogP contribution in [0, 0.1) is 11.2 Å². The Morgan fingerprint density at radius 3 is 2.40 bits per heavy atom. The lowest BCUT2D eigenvalue weighted by atomic mass is 9.92. The minimum atomic E-state index is -3.78. The third-order valence-electron chi connectivity index (χ3n) is 4.92. The number of halogens is 2. The summed E-state index contributed by atoms with van der Waals surface area (Å²) in [6.45, 7) is 1.53. The van der Waals surface area contributed by atoms with Crippen LogP contribution in [0.4, 0.5) is 4.39 Å². The zero-order valence-corrected chi connectivity index (χ0v) is 17.6. The lowest BCUT2D eigenvalue weighted by molar-refractivity contribution is 0.403. The Morgan fingerprint density at radius 2 is 1.77 bits per heavy atom. The summed E-state index contributed by atoms with van der Waals surface area (Å²) in [6.07, 6.45) is 0. The Bertz CT molecular complexity index is 1250. The van der Waals surface area contributed by atoms with Crippen LogP contribution in [0.1, 0.15) is 12.5 Å². The van der Waals surface area contributed by atoms with Crippen LogP contribution in [-0.4, -0.2) is 41.7 Å². The Morgan fingerprint density at radius 1 is 1.17 bits per heavy atom. The standard InChI is InChI=1S/C19H17ClFN5O3S/c1-19(10-30(27,28)26(2)18(22)23-19)14-9-12(5-8-15(14)21)17-25-24-16(29-17)11-3-6-13(20)7-4-11/h3-9H,10H2,1-2H3,(H2,22,23)/t19-/m0/s1. The number of guanidine groups is 1. The molecule has 3 aromatic rings. The number of aromatic nitrogens is 2. The molecule has 30 heavy (non-hydrogen) atoms. The first-order chi connectivity index (χ1) is 14.1. The van der Waals surface area contributed by atoms with E-state index in [0.717, 1.165) is 4.31 Å². The van der Waals surface area contributed by atoms with E-state index in [9.17, 15) is 12.8 Å². The van der Waals surface area contributed by atoms with Crippen LogP contribution in [0.5, 0.6) is 0 Å². The number of sulfonamides is 1. The second-order valence-electron chi connectivity index (χ2n) is 7.14. The van der Waals surface area contributed by atoms with Crippen molar-refractivity contribution < 1.29 is 17.2 Å². The van der Waals surface area contributed by atoms with Crippen molar-refractivity contribution in [1.29, 1.82) is 5.41 Å². The molecule has 2 aromatic carbocycles. The molecule has 156 valence electrons. The van der Waals surface area contributed by atoms with Crippen LogP contribution in [0.3, 0.4) is 0 Å². The van der Waals surface area contributed by atoms with Gasteiger partial charge in [0.05, 0.1) is 11.3 Å². The topological polar surface area (TPSA) is 112 Å². The Hall–Kier alpha value is -2.98. The van der Waals surface area contributed by atoms with Gasteiger partial charge in [0.1, 0.15) is 5.82 Å². The molecule has 0 saturated carbocycles. The summed E-state index contributed by atoms with van der Waals surface area (Å²) in [5.74, 6) is -0.953. The van der Waals surface area contributed by atoms with Crippen molar-refractivity contribution in [2.24, 2.45) is 0 Å². The fraction of sp³-hybridized carbons (Fsp3) is 0.211. The smallest absolute Gasteiger partial charge is 0.248 e. The molecule has 1 aromatic heterocycles. The van der Waals surface area contributed by atoms with Crippen molar-refractivity contribution in [1.82, 2.24) is 19.8 Å². The van der Waals surface area contributed by atoms with Gasteiger partial charge in [0, 0.05) is 28.8 Å². The van der Waals surface area contributed by atoms with Crippen molar-refractivity contribution in [3.05, 3.63) is 58.9 Å². The molecule has 11 heteroatoms. The molecule has 0 bridgehead atoms. The minimum absolute atomic E-state index is 0.0765. The number of nitrogens with one attached hydrogen (secondary N) is 2. The summed E-state index contributed by atoms with van der Waals surface area (Å²) < 4.78 is 46.0. The van der Waals surface area contributed by atoms with E-state index in [4.69, 9.17) is 21.4 Å². The van der Waals surface area contributed by atoms with Crippen molar-refractivity contribution in [2.75, 3.05) is 12.8 Å². The van der Waals surface area contributed by atoms with Crippen LogP contribution < -0.4 is 5.32 Å². The first-order valence-corrected chi connectivity index (χ1v) is 10.8. The van der Waals surface area contributed by atoms with Gasteiger partial charge in [-0.2, -0.15) is 0 Å². The molecule has 0 unspecified atom stereocenters. The minimum Gasteiger partial charge on any atom is -0.416 e. The number of rotatable bonds is 3. The number of benzene rings is 2. The van der Waals surface area contributed by atoms with Gasteiger partial charge in [0.25, 0.3) is 0 Å². The van der Waals surface area contributed by atoms with Crippen LogP contribution in [-0.2, 0) is 15.6 Å². The first-order valence-electron chi connectivity index (χ1n) is 8.82. The second-order valence-corrected chi connectivity index (χ2v) is 9.58. The monoisotopic (exact) mass is 449 g/mol. The van der Waals surface area contributed by atoms with Crippen molar-refractivity contribution in [3.8, 4) is 22.9 Å². The summed E-state index contributed by atoms with van der Waals surface area (Å²) in [6, 6.07) is 11.0. The van der Waals surface area contributed by atoms with E-state index in [1.807, 2.05) is 0 Å². The second kappa shape index (κ2) is 7.06. The number of hydrogen-bond acceptors (Lipinski definition) is 6. The SMILES string of the molecule is CN1C(=N)N[C@](C)(c2cc(-c3nnc(-c4ccc(Cl)cc4)o3)ccc2F)CS1(=O)=O. The Labute approximate surface area is 177 Å². The van der Waals surface area contributed by atoms with Crippen molar-refractivity contribution in [2.45, 2.75) is 12.5 Å². The molecule has 1 aliphatic heterocycles. The van der Waals surface area contributed by atoms with Gasteiger partial charge in [-0.15, -0.1) is 10.2 Å². The van der Waals surface area contributed by atoms with Gasteiger partial charge >= 0.3 is 0 Å². The van der Waals surface area contributed by atoms with E-state index in [-0.39, 0.29) is 23.3 Å². The Kier molecular flexibility index (Phi) is 4.78. The average molecular weight is 450 g/mol. The average Bonchev–Trinajstić information content (AvgIpc) is 3.17. The van der Waals surface area contributed by atoms with Gasteiger partial charge < -0.3 is 9.73 Å². The fourth-order valence-corrected chi connectivity index (χ4v) is 4.85. The summed E-state index contributed by atoms with van der Waals surface area (Å²) in [5, 5.41) is 19.3. The molecule has 0 spiro atoms. The normalized spacial score (nSPS) is 20.8. The molecule has 4 rings (SSSR count). The maximum absolute atomic E-state index is 14.7. The molecule has 0 radical (unpaired) electrons. The van der Waals surface area contributed by atoms with E-state index >= 15 is 0 Å². The number of nitrogens with zero attached hydrogens (tertiary/aromatic N) is 3. The molecular formula is C19H17ClFN5O3S. The maximum atomic E-state index is 14.7. The van der Waals surface area contributed by atoms with E-state index in [2.05, 4.69) is 15.5 Å². The van der Waals surface area contributed by atoms with E-state index in [1.54, 1.807) is 24.3 Å². The molecule has 2 N–H and O–H groups in total. The highest BCUT2D eigenvalue weighted by Gasteiger charge is 2.43. The molecular weight excluding hydrogens is 433 g/mol. The van der Waals surface area contributed by atoms with E-state index in [0.29, 0.717) is 16.1 Å². The Balaban J connectivity index is 1.73. The lowest BCUT2D eigenvalue weighted by Crippen LogP contribution is -2.61. The summed E-state index contributed by atoms with van der Waals surface area (Å²) in [5.41, 5.74) is -0.178. The molecule has 1 saturated heterocycles. The molecule has 8 nitrogen and oxygen atoms in total. The predicted octanol–water partition coefficient (Wildman–Crippen LogP) is 3.21. The van der Waals surface area contributed by atoms with E-state index in [1.165, 1.54) is 32.2 Å².